The van der Waals surface area contributed by atoms with E-state index in [0.29, 0.717) is 36.9 Å². The van der Waals surface area contributed by atoms with Crippen LogP contribution in [0.1, 0.15) is 29.9 Å². The molecule has 0 aliphatic carbocycles. The third-order valence-corrected chi connectivity index (χ3v) is 5.30. The molecule has 2 saturated heterocycles. The summed E-state index contributed by atoms with van der Waals surface area (Å²) in [6, 6.07) is 3.10. The van der Waals surface area contributed by atoms with E-state index in [4.69, 9.17) is 0 Å². The van der Waals surface area contributed by atoms with Crippen LogP contribution in [0, 0.1) is 5.92 Å². The van der Waals surface area contributed by atoms with Gasteiger partial charge in [-0.2, -0.15) is 0 Å². The second kappa shape index (κ2) is 6.93. The highest BCUT2D eigenvalue weighted by Gasteiger charge is 2.42. The first-order chi connectivity index (χ1) is 11.5. The smallest absolute Gasteiger partial charge is 0.264 e. The van der Waals surface area contributed by atoms with Gasteiger partial charge in [0.1, 0.15) is 6.04 Å². The standard InChI is InChI=1S/C17H23N3O3S/c1-12(2)9-19-11-15(21)20-7-4-6-18(10-13(20)16(19)22)17(23)14-5-3-8-24-14/h3,5,8,12-13H,4,6-7,9-11H2,1-2H3. The normalized spacial score (nSPS) is 22.0. The number of nitrogens with zero attached hydrogens (tertiary/aromatic N) is 3. The van der Waals surface area contributed by atoms with Crippen LogP contribution < -0.4 is 0 Å². The van der Waals surface area contributed by atoms with Crippen molar-refractivity contribution in [2.45, 2.75) is 26.3 Å². The minimum atomic E-state index is -0.545. The van der Waals surface area contributed by atoms with Crippen molar-refractivity contribution in [3.63, 3.8) is 0 Å². The van der Waals surface area contributed by atoms with Crippen LogP contribution in [0.25, 0.3) is 0 Å². The molecule has 1 aromatic heterocycles. The van der Waals surface area contributed by atoms with Crippen LogP contribution in [0.4, 0.5) is 0 Å². The molecule has 7 heteroatoms. The number of rotatable bonds is 3. The van der Waals surface area contributed by atoms with Crippen molar-refractivity contribution in [1.82, 2.24) is 14.7 Å². The Bertz CT molecular complexity index is 629. The van der Waals surface area contributed by atoms with E-state index in [1.807, 2.05) is 25.3 Å². The van der Waals surface area contributed by atoms with Crippen LogP contribution in [0.2, 0.25) is 0 Å². The molecule has 3 amide bonds. The summed E-state index contributed by atoms with van der Waals surface area (Å²) in [5, 5.41) is 1.87. The number of thiophene rings is 1. The zero-order valence-corrected chi connectivity index (χ0v) is 14.9. The first kappa shape index (κ1) is 17.0. The lowest BCUT2D eigenvalue weighted by Gasteiger charge is -2.40. The van der Waals surface area contributed by atoms with Gasteiger partial charge in [-0.15, -0.1) is 11.3 Å². The largest absolute Gasteiger partial charge is 0.335 e. The molecule has 3 heterocycles. The van der Waals surface area contributed by atoms with Gasteiger partial charge in [-0.25, -0.2) is 0 Å². The fraction of sp³-hybridized carbons (Fsp3) is 0.588. The fourth-order valence-electron chi connectivity index (χ4n) is 3.37. The number of hydrogen-bond acceptors (Lipinski definition) is 4. The molecule has 1 atom stereocenters. The Labute approximate surface area is 146 Å². The molecule has 3 rings (SSSR count). The fourth-order valence-corrected chi connectivity index (χ4v) is 4.07. The molecule has 130 valence electrons. The second-order valence-corrected chi connectivity index (χ2v) is 7.75. The van der Waals surface area contributed by atoms with Gasteiger partial charge in [0.25, 0.3) is 5.91 Å². The molecular weight excluding hydrogens is 326 g/mol. The minimum Gasteiger partial charge on any atom is -0.335 e. The van der Waals surface area contributed by atoms with E-state index in [1.165, 1.54) is 11.3 Å². The zero-order chi connectivity index (χ0) is 17.3. The Morgan fingerprint density at radius 1 is 1.33 bits per heavy atom. The van der Waals surface area contributed by atoms with Gasteiger partial charge in [0, 0.05) is 19.6 Å². The topological polar surface area (TPSA) is 60.9 Å². The van der Waals surface area contributed by atoms with Gasteiger partial charge in [-0.1, -0.05) is 19.9 Å². The molecule has 2 aliphatic rings. The van der Waals surface area contributed by atoms with Crippen LogP contribution in [0.3, 0.4) is 0 Å². The lowest BCUT2D eigenvalue weighted by atomic mass is 10.1. The predicted molar refractivity (Wildman–Crippen MR) is 91.8 cm³/mol. The van der Waals surface area contributed by atoms with Gasteiger partial charge in [-0.05, 0) is 23.8 Å². The molecule has 6 nitrogen and oxygen atoms in total. The number of carbonyl (C=O) groups excluding carboxylic acids is 3. The number of piperazine rings is 1. The van der Waals surface area contributed by atoms with E-state index >= 15 is 0 Å². The number of hydrogen-bond donors (Lipinski definition) is 0. The van der Waals surface area contributed by atoms with Gasteiger partial charge in [0.2, 0.25) is 11.8 Å². The average molecular weight is 349 g/mol. The van der Waals surface area contributed by atoms with Crippen molar-refractivity contribution in [2.24, 2.45) is 5.92 Å². The highest BCUT2D eigenvalue weighted by Crippen LogP contribution is 2.21. The summed E-state index contributed by atoms with van der Waals surface area (Å²) in [6.45, 7) is 6.21. The molecule has 0 saturated carbocycles. The van der Waals surface area contributed by atoms with Crippen molar-refractivity contribution in [2.75, 3.05) is 32.7 Å². The van der Waals surface area contributed by atoms with Gasteiger partial charge >= 0.3 is 0 Å². The van der Waals surface area contributed by atoms with Gasteiger partial charge in [0.05, 0.1) is 18.0 Å². The molecule has 0 spiro atoms. The summed E-state index contributed by atoms with van der Waals surface area (Å²) >= 11 is 1.40. The Balaban J connectivity index is 1.79. The quantitative estimate of drug-likeness (QED) is 0.826. The summed E-state index contributed by atoms with van der Waals surface area (Å²) < 4.78 is 0. The van der Waals surface area contributed by atoms with Gasteiger partial charge in [0.15, 0.2) is 0 Å². The molecule has 0 N–H and O–H groups in total. The van der Waals surface area contributed by atoms with E-state index in [2.05, 4.69) is 0 Å². The van der Waals surface area contributed by atoms with E-state index in [9.17, 15) is 14.4 Å². The van der Waals surface area contributed by atoms with Crippen LogP contribution in [0.5, 0.6) is 0 Å². The van der Waals surface area contributed by atoms with Crippen molar-refractivity contribution >= 4 is 29.1 Å². The summed E-state index contributed by atoms with van der Waals surface area (Å²) in [5.41, 5.74) is 0. The average Bonchev–Trinajstić information content (AvgIpc) is 2.96. The Kier molecular flexibility index (Phi) is 4.89. The third-order valence-electron chi connectivity index (χ3n) is 4.44. The third kappa shape index (κ3) is 3.31. The molecule has 1 aromatic rings. The predicted octanol–water partition coefficient (Wildman–Crippen LogP) is 1.29. The maximum absolute atomic E-state index is 12.8. The summed E-state index contributed by atoms with van der Waals surface area (Å²) in [6.07, 6.45) is 0.705. The molecule has 0 bridgehead atoms. The molecule has 2 aliphatic heterocycles. The highest BCUT2D eigenvalue weighted by atomic mass is 32.1. The first-order valence-electron chi connectivity index (χ1n) is 8.38. The Morgan fingerprint density at radius 3 is 2.79 bits per heavy atom. The van der Waals surface area contributed by atoms with Crippen LogP contribution >= 0.6 is 11.3 Å². The van der Waals surface area contributed by atoms with E-state index < -0.39 is 6.04 Å². The SMILES string of the molecule is CC(C)CN1CC(=O)N2CCCN(C(=O)c3cccs3)CC2C1=O. The summed E-state index contributed by atoms with van der Waals surface area (Å²) in [7, 11) is 0. The molecule has 0 radical (unpaired) electrons. The van der Waals surface area contributed by atoms with E-state index in [0.717, 1.165) is 0 Å². The lowest BCUT2D eigenvalue weighted by Crippen LogP contribution is -2.62. The minimum absolute atomic E-state index is 0.00864. The van der Waals surface area contributed by atoms with Crippen molar-refractivity contribution in [3.05, 3.63) is 22.4 Å². The second-order valence-electron chi connectivity index (χ2n) is 6.80. The molecule has 2 fully saturated rings. The van der Waals surface area contributed by atoms with Crippen LogP contribution in [0.15, 0.2) is 17.5 Å². The van der Waals surface area contributed by atoms with Crippen LogP contribution in [-0.2, 0) is 9.59 Å². The monoisotopic (exact) mass is 349 g/mol. The molecular formula is C17H23N3O3S. The molecule has 1 unspecified atom stereocenters. The molecule has 0 aromatic carbocycles. The lowest BCUT2D eigenvalue weighted by molar-refractivity contribution is -0.156. The van der Waals surface area contributed by atoms with Crippen LogP contribution in [-0.4, -0.2) is 71.2 Å². The maximum Gasteiger partial charge on any atom is 0.264 e. The molecule has 24 heavy (non-hydrogen) atoms. The summed E-state index contributed by atoms with van der Waals surface area (Å²) in [4.78, 5) is 43.7. The van der Waals surface area contributed by atoms with Gasteiger partial charge in [-0.3, -0.25) is 14.4 Å². The Hall–Kier alpha value is -1.89. The number of amides is 3. The van der Waals surface area contributed by atoms with Gasteiger partial charge < -0.3 is 14.7 Å². The van der Waals surface area contributed by atoms with Crippen molar-refractivity contribution < 1.29 is 14.4 Å². The highest BCUT2D eigenvalue weighted by molar-refractivity contribution is 7.12. The Morgan fingerprint density at radius 2 is 2.12 bits per heavy atom. The number of carbonyl (C=O) groups is 3. The zero-order valence-electron chi connectivity index (χ0n) is 14.1. The maximum atomic E-state index is 12.8. The number of fused-ring (bicyclic) bond motifs is 1. The van der Waals surface area contributed by atoms with E-state index in [-0.39, 0.29) is 30.8 Å². The van der Waals surface area contributed by atoms with Crippen molar-refractivity contribution in [1.29, 1.82) is 0 Å². The first-order valence-corrected chi connectivity index (χ1v) is 9.26. The van der Waals surface area contributed by atoms with E-state index in [1.54, 1.807) is 20.8 Å². The summed E-state index contributed by atoms with van der Waals surface area (Å²) in [5.74, 6) is 0.218. The van der Waals surface area contributed by atoms with Crippen molar-refractivity contribution in [3.8, 4) is 0 Å².